The zero-order valence-corrected chi connectivity index (χ0v) is 11.6. The Morgan fingerprint density at radius 1 is 1.32 bits per heavy atom. The van der Waals surface area contributed by atoms with Gasteiger partial charge < -0.3 is 9.47 Å². The lowest BCUT2D eigenvalue weighted by Crippen LogP contribution is -2.03. The first-order valence-corrected chi connectivity index (χ1v) is 6.65. The van der Waals surface area contributed by atoms with E-state index in [1.54, 1.807) is 12.1 Å². The van der Waals surface area contributed by atoms with Crippen LogP contribution in [-0.4, -0.2) is 19.7 Å². The van der Waals surface area contributed by atoms with E-state index in [-0.39, 0.29) is 11.8 Å². The van der Waals surface area contributed by atoms with Gasteiger partial charge >= 0.3 is 5.97 Å². The van der Waals surface area contributed by atoms with E-state index in [9.17, 15) is 9.18 Å². The molecule has 0 aliphatic carbocycles. The summed E-state index contributed by atoms with van der Waals surface area (Å²) < 4.78 is 23.5. The molecule has 0 saturated carbocycles. The summed E-state index contributed by atoms with van der Waals surface area (Å²) in [5, 5.41) is 0. The number of aryl methyl sites for hydroxylation is 1. The number of ether oxygens (including phenoxy) is 2. The van der Waals surface area contributed by atoms with Crippen molar-refractivity contribution in [3.8, 4) is 5.75 Å². The predicted molar refractivity (Wildman–Crippen MR) is 71.8 cm³/mol. The zero-order chi connectivity index (χ0) is 14.1. The van der Waals surface area contributed by atoms with Crippen molar-refractivity contribution in [3.63, 3.8) is 0 Å². The molecule has 4 heteroatoms. The average molecular weight is 268 g/mol. The fourth-order valence-corrected chi connectivity index (χ4v) is 1.76. The fraction of sp³-hybridized carbons (Fsp3) is 0.533. The number of rotatable bonds is 8. The van der Waals surface area contributed by atoms with Crippen LogP contribution in [0.4, 0.5) is 4.39 Å². The van der Waals surface area contributed by atoms with Crippen LogP contribution in [0.2, 0.25) is 0 Å². The van der Waals surface area contributed by atoms with Crippen LogP contribution in [0.15, 0.2) is 18.2 Å². The first-order valence-electron chi connectivity index (χ1n) is 6.65. The molecule has 1 rings (SSSR count). The molecule has 0 unspecified atom stereocenters. The lowest BCUT2D eigenvalue weighted by atomic mass is 10.1. The average Bonchev–Trinajstić information content (AvgIpc) is 2.41. The van der Waals surface area contributed by atoms with Gasteiger partial charge in [0.15, 0.2) is 11.6 Å². The molecule has 0 bridgehead atoms. The maximum absolute atomic E-state index is 13.5. The third-order valence-electron chi connectivity index (χ3n) is 2.79. The molecule has 3 nitrogen and oxygen atoms in total. The van der Waals surface area contributed by atoms with Gasteiger partial charge in [0, 0.05) is 6.42 Å². The Bertz CT molecular complexity index is 404. The molecule has 0 saturated heterocycles. The number of carbonyl (C=O) groups excluding carboxylic acids is 1. The van der Waals surface area contributed by atoms with Crippen LogP contribution in [-0.2, 0) is 16.0 Å². The van der Waals surface area contributed by atoms with Crippen molar-refractivity contribution in [1.29, 1.82) is 0 Å². The molecule has 0 heterocycles. The van der Waals surface area contributed by atoms with Gasteiger partial charge in [-0.1, -0.05) is 19.4 Å². The number of carbonyl (C=O) groups is 1. The standard InChI is InChI=1S/C15H21FO3/c1-3-6-12-8-9-13(16)14(11-12)19-10-5-4-7-15(17)18-2/h8-9,11H,3-7,10H2,1-2H3. The van der Waals surface area contributed by atoms with Crippen LogP contribution < -0.4 is 4.74 Å². The molecule has 1 aromatic carbocycles. The van der Waals surface area contributed by atoms with Crippen LogP contribution in [0.25, 0.3) is 0 Å². The van der Waals surface area contributed by atoms with Gasteiger partial charge in [0.1, 0.15) is 0 Å². The molecular formula is C15H21FO3. The Kier molecular flexibility index (Phi) is 6.93. The van der Waals surface area contributed by atoms with Crippen LogP contribution >= 0.6 is 0 Å². The van der Waals surface area contributed by atoms with E-state index in [4.69, 9.17) is 4.74 Å². The van der Waals surface area contributed by atoms with Gasteiger partial charge in [0.05, 0.1) is 13.7 Å². The second-order valence-electron chi connectivity index (χ2n) is 4.40. The van der Waals surface area contributed by atoms with Gasteiger partial charge in [-0.25, -0.2) is 4.39 Å². The molecule has 0 atom stereocenters. The normalized spacial score (nSPS) is 10.3. The number of benzene rings is 1. The van der Waals surface area contributed by atoms with Crippen molar-refractivity contribution in [1.82, 2.24) is 0 Å². The molecule has 1 aromatic rings. The monoisotopic (exact) mass is 268 g/mol. The fourth-order valence-electron chi connectivity index (χ4n) is 1.76. The minimum Gasteiger partial charge on any atom is -0.491 e. The van der Waals surface area contributed by atoms with Gasteiger partial charge in [0.25, 0.3) is 0 Å². The molecule has 106 valence electrons. The summed E-state index contributed by atoms with van der Waals surface area (Å²) in [5.41, 5.74) is 1.08. The van der Waals surface area contributed by atoms with Crippen molar-refractivity contribution >= 4 is 5.97 Å². The number of hydrogen-bond donors (Lipinski definition) is 0. The molecule has 0 aliphatic rings. The summed E-state index contributed by atoms with van der Waals surface area (Å²) in [6.07, 6.45) is 3.69. The highest BCUT2D eigenvalue weighted by Crippen LogP contribution is 2.20. The number of unbranched alkanes of at least 4 members (excludes halogenated alkanes) is 1. The van der Waals surface area contributed by atoms with E-state index >= 15 is 0 Å². The van der Waals surface area contributed by atoms with Crippen molar-refractivity contribution in [2.24, 2.45) is 0 Å². The predicted octanol–water partition coefficient (Wildman–Crippen LogP) is 3.50. The SMILES string of the molecule is CCCc1ccc(F)c(OCCCCC(=O)OC)c1. The summed E-state index contributed by atoms with van der Waals surface area (Å²) in [5.74, 6) is -0.270. The van der Waals surface area contributed by atoms with Crippen LogP contribution in [0, 0.1) is 5.82 Å². The second-order valence-corrected chi connectivity index (χ2v) is 4.40. The molecule has 0 spiro atoms. The summed E-state index contributed by atoms with van der Waals surface area (Å²) in [6.45, 7) is 2.49. The van der Waals surface area contributed by atoms with Crippen molar-refractivity contribution in [3.05, 3.63) is 29.6 Å². The Morgan fingerprint density at radius 3 is 2.79 bits per heavy atom. The summed E-state index contributed by atoms with van der Waals surface area (Å²) in [4.78, 5) is 10.9. The third-order valence-corrected chi connectivity index (χ3v) is 2.79. The highest BCUT2D eigenvalue weighted by atomic mass is 19.1. The van der Waals surface area contributed by atoms with E-state index in [0.29, 0.717) is 31.6 Å². The first-order chi connectivity index (χ1) is 9.17. The number of hydrogen-bond acceptors (Lipinski definition) is 3. The Balaban J connectivity index is 2.35. The number of halogens is 1. The molecule has 0 aromatic heterocycles. The maximum Gasteiger partial charge on any atom is 0.305 e. The lowest BCUT2D eigenvalue weighted by Gasteiger charge is -2.08. The van der Waals surface area contributed by atoms with Gasteiger partial charge in [0.2, 0.25) is 0 Å². The third kappa shape index (κ3) is 5.73. The maximum atomic E-state index is 13.5. The highest BCUT2D eigenvalue weighted by molar-refractivity contribution is 5.68. The van der Waals surface area contributed by atoms with Crippen molar-refractivity contribution < 1.29 is 18.7 Å². The summed E-state index contributed by atoms with van der Waals surface area (Å²) >= 11 is 0. The minimum atomic E-state index is -0.340. The molecule has 0 fully saturated rings. The summed E-state index contributed by atoms with van der Waals surface area (Å²) in [7, 11) is 1.37. The molecular weight excluding hydrogens is 247 g/mol. The van der Waals surface area contributed by atoms with E-state index < -0.39 is 0 Å². The van der Waals surface area contributed by atoms with Crippen molar-refractivity contribution in [2.45, 2.75) is 39.0 Å². The summed E-state index contributed by atoms with van der Waals surface area (Å²) in [6, 6.07) is 4.97. The highest BCUT2D eigenvalue weighted by Gasteiger charge is 2.05. The number of esters is 1. The van der Waals surface area contributed by atoms with Gasteiger partial charge in [-0.3, -0.25) is 4.79 Å². The molecule has 0 aliphatic heterocycles. The Morgan fingerprint density at radius 2 is 2.11 bits per heavy atom. The lowest BCUT2D eigenvalue weighted by molar-refractivity contribution is -0.140. The van der Waals surface area contributed by atoms with E-state index in [0.717, 1.165) is 18.4 Å². The van der Waals surface area contributed by atoms with Gasteiger partial charge in [-0.05, 0) is 37.0 Å². The molecule has 0 amide bonds. The quantitative estimate of drug-likeness (QED) is 0.534. The van der Waals surface area contributed by atoms with Crippen LogP contribution in [0.5, 0.6) is 5.75 Å². The molecule has 19 heavy (non-hydrogen) atoms. The van der Waals surface area contributed by atoms with Crippen LogP contribution in [0.1, 0.15) is 38.2 Å². The molecule has 0 radical (unpaired) electrons. The topological polar surface area (TPSA) is 35.5 Å². The Labute approximate surface area is 113 Å². The molecule has 0 N–H and O–H groups in total. The zero-order valence-electron chi connectivity index (χ0n) is 11.6. The first kappa shape index (κ1) is 15.5. The second kappa shape index (κ2) is 8.51. The van der Waals surface area contributed by atoms with Gasteiger partial charge in [-0.2, -0.15) is 0 Å². The minimum absolute atomic E-state index is 0.226. The largest absolute Gasteiger partial charge is 0.491 e. The van der Waals surface area contributed by atoms with E-state index in [1.807, 2.05) is 0 Å². The smallest absolute Gasteiger partial charge is 0.305 e. The van der Waals surface area contributed by atoms with Crippen LogP contribution in [0.3, 0.4) is 0 Å². The number of methoxy groups -OCH3 is 1. The van der Waals surface area contributed by atoms with Crippen molar-refractivity contribution in [2.75, 3.05) is 13.7 Å². The van der Waals surface area contributed by atoms with E-state index in [1.165, 1.54) is 13.2 Å². The Hall–Kier alpha value is -1.58. The van der Waals surface area contributed by atoms with E-state index in [2.05, 4.69) is 11.7 Å². The van der Waals surface area contributed by atoms with Gasteiger partial charge in [-0.15, -0.1) is 0 Å².